The van der Waals surface area contributed by atoms with Gasteiger partial charge < -0.3 is 20.1 Å². The van der Waals surface area contributed by atoms with Crippen molar-refractivity contribution in [3.05, 3.63) is 46.1 Å². The quantitative estimate of drug-likeness (QED) is 0.558. The van der Waals surface area contributed by atoms with Crippen LogP contribution in [-0.2, 0) is 0 Å². The van der Waals surface area contributed by atoms with Crippen molar-refractivity contribution in [1.82, 2.24) is 24.8 Å². The zero-order valence-electron chi connectivity index (χ0n) is 20.0. The topological polar surface area (TPSA) is 105 Å². The highest BCUT2D eigenvalue weighted by Gasteiger charge is 2.25. The van der Waals surface area contributed by atoms with Gasteiger partial charge in [0.05, 0.1) is 23.5 Å². The lowest BCUT2D eigenvalue weighted by Gasteiger charge is -2.32. The van der Waals surface area contributed by atoms with Crippen LogP contribution in [0.15, 0.2) is 29.5 Å². The molecule has 3 aromatic rings. The minimum Gasteiger partial charge on any atom is -0.353 e. The zero-order chi connectivity index (χ0) is 23.8. The summed E-state index contributed by atoms with van der Waals surface area (Å²) in [6.45, 7) is 8.17. The van der Waals surface area contributed by atoms with Crippen LogP contribution >= 0.6 is 0 Å². The maximum Gasteiger partial charge on any atom is 0.262 e. The first kappa shape index (κ1) is 22.5. The Balaban J connectivity index is 1.49. The van der Waals surface area contributed by atoms with Crippen LogP contribution in [-0.4, -0.2) is 51.0 Å². The van der Waals surface area contributed by atoms with Crippen molar-refractivity contribution in [1.29, 1.82) is 0 Å². The Kier molecular flexibility index (Phi) is 6.03. The second-order valence-electron chi connectivity index (χ2n) is 9.44. The summed E-state index contributed by atoms with van der Waals surface area (Å²) in [6, 6.07) is 2.41. The molecule has 0 spiro atoms. The summed E-state index contributed by atoms with van der Waals surface area (Å²) < 4.78 is 1.82. The second kappa shape index (κ2) is 9.13. The Morgan fingerprint density at radius 3 is 2.56 bits per heavy atom. The van der Waals surface area contributed by atoms with Gasteiger partial charge in [-0.15, -0.1) is 0 Å². The number of nitrogens with one attached hydrogen (secondary N) is 2. The number of rotatable bonds is 5. The molecule has 1 atom stereocenters. The molecule has 178 valence electrons. The number of hydrogen-bond donors (Lipinski definition) is 2. The fourth-order valence-corrected chi connectivity index (χ4v) is 5.29. The molecule has 1 aliphatic heterocycles. The summed E-state index contributed by atoms with van der Waals surface area (Å²) in [5, 5.41) is 7.49. The monoisotopic (exact) mass is 461 g/mol. The van der Waals surface area contributed by atoms with Gasteiger partial charge in [-0.2, -0.15) is 0 Å². The molecule has 34 heavy (non-hydrogen) atoms. The van der Waals surface area contributed by atoms with Crippen LogP contribution in [0.3, 0.4) is 0 Å². The molecule has 0 unspecified atom stereocenters. The summed E-state index contributed by atoms with van der Waals surface area (Å²) >= 11 is 0. The molecule has 9 nitrogen and oxygen atoms in total. The van der Waals surface area contributed by atoms with Crippen molar-refractivity contribution < 1.29 is 4.79 Å². The highest BCUT2D eigenvalue weighted by molar-refractivity contribution is 6.00. The van der Waals surface area contributed by atoms with E-state index in [0.717, 1.165) is 62.0 Å². The molecule has 2 fully saturated rings. The first-order valence-electron chi connectivity index (χ1n) is 12.1. The van der Waals surface area contributed by atoms with Gasteiger partial charge in [-0.3, -0.25) is 9.59 Å². The Hall–Kier alpha value is -3.33. The molecule has 1 saturated carbocycles. The van der Waals surface area contributed by atoms with E-state index in [1.54, 1.807) is 18.6 Å². The van der Waals surface area contributed by atoms with Crippen molar-refractivity contribution in [2.45, 2.75) is 58.5 Å². The molecule has 1 aliphatic carbocycles. The molecular formula is C25H31N7O2. The van der Waals surface area contributed by atoms with Crippen molar-refractivity contribution >= 4 is 34.1 Å². The number of Topliss-reactive ketones (excluding diaryl/α,β-unsaturated/α-hetero) is 1. The predicted molar refractivity (Wildman–Crippen MR) is 133 cm³/mol. The smallest absolute Gasteiger partial charge is 0.262 e. The van der Waals surface area contributed by atoms with Crippen molar-refractivity contribution in [3.8, 4) is 0 Å². The van der Waals surface area contributed by atoms with Gasteiger partial charge in [0, 0.05) is 49.4 Å². The molecule has 0 aromatic carbocycles. The first-order chi connectivity index (χ1) is 16.4. The van der Waals surface area contributed by atoms with Gasteiger partial charge in [0.15, 0.2) is 5.78 Å². The Labute approximate surface area is 198 Å². The van der Waals surface area contributed by atoms with Crippen LogP contribution in [0.25, 0.3) is 10.9 Å². The van der Waals surface area contributed by atoms with Crippen LogP contribution in [0, 0.1) is 6.92 Å². The molecular weight excluding hydrogens is 430 g/mol. The fourth-order valence-electron chi connectivity index (χ4n) is 5.29. The highest BCUT2D eigenvalue weighted by atomic mass is 16.1. The van der Waals surface area contributed by atoms with Crippen molar-refractivity contribution in [3.63, 3.8) is 0 Å². The number of anilines is 3. The Morgan fingerprint density at radius 2 is 1.88 bits per heavy atom. The third kappa shape index (κ3) is 4.16. The molecule has 3 aromatic heterocycles. The molecule has 2 aliphatic rings. The number of ketones is 1. The van der Waals surface area contributed by atoms with Gasteiger partial charge in [-0.05, 0) is 39.2 Å². The predicted octanol–water partition coefficient (Wildman–Crippen LogP) is 3.35. The number of nitrogens with zero attached hydrogens (tertiary/aromatic N) is 5. The molecule has 0 bridgehead atoms. The van der Waals surface area contributed by atoms with Gasteiger partial charge in [-0.25, -0.2) is 15.0 Å². The van der Waals surface area contributed by atoms with Gasteiger partial charge in [0.1, 0.15) is 17.5 Å². The third-order valence-corrected chi connectivity index (χ3v) is 6.98. The molecule has 5 rings (SSSR count). The van der Waals surface area contributed by atoms with Gasteiger partial charge in [-0.1, -0.05) is 12.8 Å². The average Bonchev–Trinajstić information content (AvgIpc) is 3.34. The lowest BCUT2D eigenvalue weighted by molar-refractivity contribution is 0.101. The van der Waals surface area contributed by atoms with E-state index in [0.29, 0.717) is 23.2 Å². The number of fused-ring (bicyclic) bond motifs is 1. The SMILES string of the molecule is CC(=O)c1c(C)c2cnc(Nc3cnc(N4CCN[C@@H](C)C4)cn3)cc2n(C2CCCC2)c1=O. The van der Waals surface area contributed by atoms with Crippen LogP contribution in [0.2, 0.25) is 0 Å². The van der Waals surface area contributed by atoms with E-state index in [2.05, 4.69) is 37.4 Å². The number of aryl methyl sites for hydroxylation is 1. The number of hydrogen-bond acceptors (Lipinski definition) is 8. The fraction of sp³-hybridized carbons (Fsp3) is 0.480. The van der Waals surface area contributed by atoms with Crippen molar-refractivity contribution in [2.24, 2.45) is 0 Å². The van der Waals surface area contributed by atoms with E-state index < -0.39 is 0 Å². The molecule has 1 saturated heterocycles. The molecule has 0 radical (unpaired) electrons. The zero-order valence-corrected chi connectivity index (χ0v) is 20.0. The summed E-state index contributed by atoms with van der Waals surface area (Å²) in [4.78, 5) is 41.6. The molecule has 4 heterocycles. The number of aromatic nitrogens is 4. The van der Waals surface area contributed by atoms with E-state index >= 15 is 0 Å². The van der Waals surface area contributed by atoms with Crippen molar-refractivity contribution in [2.75, 3.05) is 29.9 Å². The third-order valence-electron chi connectivity index (χ3n) is 6.98. The standard InChI is InChI=1S/C25H31N7O2/c1-15-14-31(9-8-26-15)23-13-28-22(12-29-23)30-21-10-20-19(11-27-21)16(2)24(17(3)33)25(34)32(20)18-6-4-5-7-18/h10-13,15,18,26H,4-9,14H2,1-3H3,(H,27,28,30)/t15-/m0/s1. The lowest BCUT2D eigenvalue weighted by atomic mass is 10.0. The van der Waals surface area contributed by atoms with Crippen LogP contribution in [0.4, 0.5) is 17.5 Å². The largest absolute Gasteiger partial charge is 0.353 e. The van der Waals surface area contributed by atoms with Gasteiger partial charge >= 0.3 is 0 Å². The average molecular weight is 462 g/mol. The van der Waals surface area contributed by atoms with Gasteiger partial charge in [0.25, 0.3) is 5.56 Å². The lowest BCUT2D eigenvalue weighted by Crippen LogP contribution is -2.49. The number of piperazine rings is 1. The van der Waals surface area contributed by atoms with Gasteiger partial charge in [0.2, 0.25) is 0 Å². The second-order valence-corrected chi connectivity index (χ2v) is 9.44. The first-order valence-corrected chi connectivity index (χ1v) is 12.1. The molecule has 2 N–H and O–H groups in total. The van der Waals surface area contributed by atoms with Crippen LogP contribution in [0.1, 0.15) is 61.5 Å². The van der Waals surface area contributed by atoms with E-state index in [9.17, 15) is 9.59 Å². The minimum absolute atomic E-state index is 0.101. The maximum atomic E-state index is 13.4. The van der Waals surface area contributed by atoms with E-state index in [1.165, 1.54) is 6.92 Å². The summed E-state index contributed by atoms with van der Waals surface area (Å²) in [7, 11) is 0. The Morgan fingerprint density at radius 1 is 1.12 bits per heavy atom. The maximum absolute atomic E-state index is 13.4. The minimum atomic E-state index is -0.201. The van der Waals surface area contributed by atoms with E-state index in [1.807, 2.05) is 17.6 Å². The van der Waals surface area contributed by atoms with E-state index in [-0.39, 0.29) is 22.9 Å². The Bertz CT molecular complexity index is 1280. The number of carbonyl (C=O) groups excluding carboxylic acids is 1. The molecule has 9 heteroatoms. The summed E-state index contributed by atoms with van der Waals surface area (Å²) in [5.41, 5.74) is 1.56. The normalized spacial score (nSPS) is 19.0. The van der Waals surface area contributed by atoms with E-state index in [4.69, 9.17) is 0 Å². The number of carbonyl (C=O) groups is 1. The van der Waals surface area contributed by atoms with Crippen LogP contribution in [0.5, 0.6) is 0 Å². The summed E-state index contributed by atoms with van der Waals surface area (Å²) in [6.07, 6.45) is 9.29. The summed E-state index contributed by atoms with van der Waals surface area (Å²) in [5.74, 6) is 1.83. The highest BCUT2D eigenvalue weighted by Crippen LogP contribution is 2.33. The number of pyridine rings is 2. The molecule has 0 amide bonds. The van der Waals surface area contributed by atoms with Crippen LogP contribution < -0.4 is 21.1 Å².